The molecule has 2 aromatic carbocycles. The number of hydrogen-bond acceptors (Lipinski definition) is 4. The molecule has 0 spiro atoms. The zero-order valence-electron chi connectivity index (χ0n) is 17.4. The summed E-state index contributed by atoms with van der Waals surface area (Å²) in [7, 11) is -5.13. The van der Waals surface area contributed by atoms with Gasteiger partial charge >= 0.3 is 7.12 Å². The minimum atomic E-state index is -4.15. The summed E-state index contributed by atoms with van der Waals surface area (Å²) in [5.41, 5.74) is -0.887. The number of aryl methyl sites for hydroxylation is 1. The Labute approximate surface area is 174 Å². The lowest BCUT2D eigenvalue weighted by atomic mass is 9.79. The molecule has 1 aromatic heterocycles. The van der Waals surface area contributed by atoms with Crippen molar-refractivity contribution in [2.45, 2.75) is 50.7 Å². The second-order valence-electron chi connectivity index (χ2n) is 8.52. The lowest BCUT2D eigenvalue weighted by Gasteiger charge is -2.32. The van der Waals surface area contributed by atoms with Crippen LogP contribution in [0, 0.1) is 18.6 Å². The molecule has 1 saturated heterocycles. The van der Waals surface area contributed by atoms with E-state index in [-0.39, 0.29) is 21.3 Å². The third-order valence-corrected chi connectivity index (χ3v) is 7.77. The molecule has 0 saturated carbocycles. The number of hydrogen-bond donors (Lipinski definition) is 0. The summed E-state index contributed by atoms with van der Waals surface area (Å²) in [5.74, 6) is -1.80. The standard InChI is InChI=1S/C21H22BF2NO4S/c1-13-8-6-7-9-18(13)30(26,27)25-12-16(15-10-14(23)11-17(24)19(15)25)22-28-20(2,3)21(4,5)29-22/h6-12H,1-5H3. The van der Waals surface area contributed by atoms with Crippen molar-refractivity contribution in [3.05, 3.63) is 59.8 Å². The first-order valence-electron chi connectivity index (χ1n) is 9.52. The molecule has 5 nitrogen and oxygen atoms in total. The Balaban J connectivity index is 1.99. The largest absolute Gasteiger partial charge is 0.497 e. The van der Waals surface area contributed by atoms with Gasteiger partial charge in [0.1, 0.15) is 5.82 Å². The number of benzene rings is 2. The summed E-state index contributed by atoms with van der Waals surface area (Å²) in [6.45, 7) is 9.04. The van der Waals surface area contributed by atoms with Crippen LogP contribution in [0.2, 0.25) is 0 Å². The monoisotopic (exact) mass is 433 g/mol. The van der Waals surface area contributed by atoms with Crippen LogP contribution < -0.4 is 5.46 Å². The summed E-state index contributed by atoms with van der Waals surface area (Å²) >= 11 is 0. The van der Waals surface area contributed by atoms with Gasteiger partial charge in [0.2, 0.25) is 0 Å². The van der Waals surface area contributed by atoms with Gasteiger partial charge in [-0.1, -0.05) is 18.2 Å². The molecule has 1 fully saturated rings. The smallest absolute Gasteiger partial charge is 0.399 e. The summed E-state index contributed by atoms with van der Waals surface area (Å²) in [5, 5.41) is 0.0863. The lowest BCUT2D eigenvalue weighted by Crippen LogP contribution is -2.41. The number of rotatable bonds is 3. The molecule has 9 heteroatoms. The zero-order valence-corrected chi connectivity index (χ0v) is 18.2. The molecule has 3 aromatic rings. The Kier molecular flexibility index (Phi) is 4.65. The topological polar surface area (TPSA) is 57.5 Å². The van der Waals surface area contributed by atoms with Crippen LogP contribution >= 0.6 is 0 Å². The highest BCUT2D eigenvalue weighted by molar-refractivity contribution is 7.90. The average Bonchev–Trinajstić information content (AvgIpc) is 3.10. The molecule has 4 rings (SSSR count). The van der Waals surface area contributed by atoms with Crippen molar-refractivity contribution in [1.82, 2.24) is 3.97 Å². The fraction of sp³-hybridized carbons (Fsp3) is 0.333. The molecule has 0 unspecified atom stereocenters. The fourth-order valence-electron chi connectivity index (χ4n) is 3.57. The third kappa shape index (κ3) is 3.07. The molecule has 1 aliphatic heterocycles. The van der Waals surface area contributed by atoms with Crippen LogP contribution in [0.15, 0.2) is 47.5 Å². The van der Waals surface area contributed by atoms with Crippen molar-refractivity contribution in [1.29, 1.82) is 0 Å². The van der Waals surface area contributed by atoms with Gasteiger partial charge in [0, 0.05) is 23.1 Å². The average molecular weight is 433 g/mol. The first-order chi connectivity index (χ1) is 13.8. The van der Waals surface area contributed by atoms with Gasteiger partial charge < -0.3 is 9.31 Å². The van der Waals surface area contributed by atoms with Gasteiger partial charge in [-0.25, -0.2) is 21.2 Å². The molecule has 0 radical (unpaired) electrons. The second-order valence-corrected chi connectivity index (χ2v) is 10.3. The van der Waals surface area contributed by atoms with Gasteiger partial charge in [0.05, 0.1) is 21.6 Å². The van der Waals surface area contributed by atoms with E-state index >= 15 is 0 Å². The van der Waals surface area contributed by atoms with E-state index in [9.17, 15) is 17.2 Å². The lowest BCUT2D eigenvalue weighted by molar-refractivity contribution is 0.00578. The number of nitrogens with zero attached hydrogens (tertiary/aromatic N) is 1. The number of halogens is 2. The normalized spacial score (nSPS) is 18.3. The Morgan fingerprint density at radius 1 is 1.00 bits per heavy atom. The van der Waals surface area contributed by atoms with Crippen molar-refractivity contribution < 1.29 is 26.5 Å². The Morgan fingerprint density at radius 2 is 1.60 bits per heavy atom. The van der Waals surface area contributed by atoms with Gasteiger partial charge in [-0.15, -0.1) is 0 Å². The third-order valence-electron chi connectivity index (χ3n) is 5.95. The van der Waals surface area contributed by atoms with E-state index in [1.807, 2.05) is 27.7 Å². The van der Waals surface area contributed by atoms with Crippen LogP contribution in [0.1, 0.15) is 33.3 Å². The molecule has 0 N–H and O–H groups in total. The molecule has 0 atom stereocenters. The zero-order chi connectivity index (χ0) is 22.1. The highest BCUT2D eigenvalue weighted by atomic mass is 32.2. The van der Waals surface area contributed by atoms with E-state index in [0.29, 0.717) is 11.6 Å². The molecular formula is C21H22BF2NO4S. The van der Waals surface area contributed by atoms with Gasteiger partial charge in [0.25, 0.3) is 10.0 Å². The van der Waals surface area contributed by atoms with E-state index in [1.54, 1.807) is 25.1 Å². The quantitative estimate of drug-likeness (QED) is 0.591. The predicted molar refractivity (Wildman–Crippen MR) is 111 cm³/mol. The van der Waals surface area contributed by atoms with Crippen molar-refractivity contribution in [2.24, 2.45) is 0 Å². The minimum absolute atomic E-state index is 0.0334. The van der Waals surface area contributed by atoms with Crippen LogP contribution in [-0.4, -0.2) is 30.7 Å². The first-order valence-corrected chi connectivity index (χ1v) is 11.0. The predicted octanol–water partition coefficient (Wildman–Crippen LogP) is 3.76. The summed E-state index contributed by atoms with van der Waals surface area (Å²) in [4.78, 5) is 0.0334. The molecule has 158 valence electrons. The Hall–Kier alpha value is -2.23. The van der Waals surface area contributed by atoms with Crippen LogP contribution in [0.5, 0.6) is 0 Å². The van der Waals surface area contributed by atoms with Crippen LogP contribution in [0.4, 0.5) is 8.78 Å². The molecular weight excluding hydrogens is 411 g/mol. The van der Waals surface area contributed by atoms with E-state index in [0.717, 1.165) is 10.0 Å². The van der Waals surface area contributed by atoms with E-state index in [2.05, 4.69) is 0 Å². The molecule has 2 heterocycles. The van der Waals surface area contributed by atoms with Gasteiger partial charge in [0.15, 0.2) is 5.82 Å². The van der Waals surface area contributed by atoms with Gasteiger partial charge in [-0.2, -0.15) is 0 Å². The van der Waals surface area contributed by atoms with E-state index in [1.165, 1.54) is 12.3 Å². The highest BCUT2D eigenvalue weighted by Gasteiger charge is 2.52. The maximum Gasteiger partial charge on any atom is 0.497 e. The molecule has 0 aliphatic carbocycles. The maximum atomic E-state index is 14.9. The van der Waals surface area contributed by atoms with Crippen molar-refractivity contribution in [3.8, 4) is 0 Å². The second kappa shape index (κ2) is 6.64. The Morgan fingerprint density at radius 3 is 2.20 bits per heavy atom. The summed E-state index contributed by atoms with van der Waals surface area (Å²) < 4.78 is 68.6. The van der Waals surface area contributed by atoms with Gasteiger partial charge in [-0.05, 0) is 52.3 Å². The summed E-state index contributed by atoms with van der Waals surface area (Å²) in [6, 6.07) is 8.18. The maximum absolute atomic E-state index is 14.9. The number of fused-ring (bicyclic) bond motifs is 1. The Bertz CT molecular complexity index is 1250. The van der Waals surface area contributed by atoms with Crippen LogP contribution in [0.3, 0.4) is 0 Å². The SMILES string of the molecule is Cc1ccccc1S(=O)(=O)n1cc(B2OC(C)(C)C(C)(C)O2)c2cc(F)cc(F)c21. The minimum Gasteiger partial charge on any atom is -0.399 e. The molecule has 30 heavy (non-hydrogen) atoms. The van der Waals surface area contributed by atoms with Crippen molar-refractivity contribution in [3.63, 3.8) is 0 Å². The highest BCUT2D eigenvalue weighted by Crippen LogP contribution is 2.37. The summed E-state index contributed by atoms with van der Waals surface area (Å²) in [6.07, 6.45) is 1.26. The molecule has 1 aliphatic rings. The van der Waals surface area contributed by atoms with Crippen LogP contribution in [-0.2, 0) is 19.3 Å². The first kappa shape index (κ1) is 21.0. The number of aromatic nitrogens is 1. The van der Waals surface area contributed by atoms with Crippen LogP contribution in [0.25, 0.3) is 10.9 Å². The molecule has 0 bridgehead atoms. The van der Waals surface area contributed by atoms with Crippen molar-refractivity contribution >= 4 is 33.5 Å². The van der Waals surface area contributed by atoms with E-state index < -0.39 is 40.0 Å². The van der Waals surface area contributed by atoms with Crippen molar-refractivity contribution in [2.75, 3.05) is 0 Å². The van der Waals surface area contributed by atoms with E-state index in [4.69, 9.17) is 9.31 Å². The fourth-order valence-corrected chi connectivity index (χ4v) is 5.19. The molecule has 0 amide bonds. The van der Waals surface area contributed by atoms with Gasteiger partial charge in [-0.3, -0.25) is 0 Å².